The zero-order valence-electron chi connectivity index (χ0n) is 11.5. The standard InChI is InChI=1S/C14H16BrFN2O2/c1-14(2,3)11(19)7-12-17-13(18-20-12)8-4-9(15)6-10(16)5-8/h4-6,11,19H,7H2,1-3H3. The second-order valence-corrected chi connectivity index (χ2v) is 6.67. The third kappa shape index (κ3) is 3.64. The highest BCUT2D eigenvalue weighted by Gasteiger charge is 2.24. The highest BCUT2D eigenvalue weighted by Crippen LogP contribution is 2.25. The van der Waals surface area contributed by atoms with Gasteiger partial charge in [0, 0.05) is 10.0 Å². The van der Waals surface area contributed by atoms with Crippen LogP contribution >= 0.6 is 15.9 Å². The van der Waals surface area contributed by atoms with Crippen LogP contribution in [-0.2, 0) is 6.42 Å². The summed E-state index contributed by atoms with van der Waals surface area (Å²) >= 11 is 3.22. The quantitative estimate of drug-likeness (QED) is 0.925. The van der Waals surface area contributed by atoms with Crippen molar-refractivity contribution < 1.29 is 14.0 Å². The minimum Gasteiger partial charge on any atom is -0.392 e. The lowest BCUT2D eigenvalue weighted by atomic mass is 9.87. The van der Waals surface area contributed by atoms with E-state index in [2.05, 4.69) is 26.1 Å². The molecule has 1 unspecified atom stereocenters. The minimum atomic E-state index is -0.588. The maximum Gasteiger partial charge on any atom is 0.229 e. The van der Waals surface area contributed by atoms with Crippen LogP contribution in [0, 0.1) is 11.2 Å². The summed E-state index contributed by atoms with van der Waals surface area (Å²) in [6.45, 7) is 5.79. The molecule has 0 fully saturated rings. The van der Waals surface area contributed by atoms with Crippen molar-refractivity contribution in [2.45, 2.75) is 33.3 Å². The molecule has 2 rings (SSSR count). The Balaban J connectivity index is 2.21. The first-order valence-corrected chi connectivity index (χ1v) is 7.02. The fourth-order valence-corrected chi connectivity index (χ4v) is 2.07. The summed E-state index contributed by atoms with van der Waals surface area (Å²) in [5.74, 6) is 0.263. The summed E-state index contributed by atoms with van der Waals surface area (Å²) < 4.78 is 19.0. The van der Waals surface area contributed by atoms with Gasteiger partial charge in [-0.05, 0) is 23.6 Å². The summed E-state index contributed by atoms with van der Waals surface area (Å²) in [6, 6.07) is 4.39. The van der Waals surface area contributed by atoms with Crippen LogP contribution in [0.4, 0.5) is 4.39 Å². The van der Waals surface area contributed by atoms with Gasteiger partial charge in [0.2, 0.25) is 11.7 Å². The zero-order valence-corrected chi connectivity index (χ0v) is 13.1. The van der Waals surface area contributed by atoms with E-state index in [9.17, 15) is 9.50 Å². The van der Waals surface area contributed by atoms with Crippen molar-refractivity contribution in [1.29, 1.82) is 0 Å². The number of hydrogen-bond donors (Lipinski definition) is 1. The van der Waals surface area contributed by atoms with E-state index < -0.39 is 6.10 Å². The maximum absolute atomic E-state index is 13.3. The molecule has 6 heteroatoms. The van der Waals surface area contributed by atoms with Crippen LogP contribution in [0.15, 0.2) is 27.2 Å². The van der Waals surface area contributed by atoms with Crippen LogP contribution < -0.4 is 0 Å². The first kappa shape index (κ1) is 15.1. The van der Waals surface area contributed by atoms with E-state index in [1.807, 2.05) is 20.8 Å². The van der Waals surface area contributed by atoms with E-state index in [4.69, 9.17) is 4.52 Å². The van der Waals surface area contributed by atoms with E-state index in [-0.39, 0.29) is 17.7 Å². The van der Waals surface area contributed by atoms with E-state index >= 15 is 0 Å². The molecule has 1 heterocycles. The molecule has 20 heavy (non-hydrogen) atoms. The third-order valence-corrected chi connectivity index (χ3v) is 3.41. The van der Waals surface area contributed by atoms with Crippen molar-refractivity contribution in [3.8, 4) is 11.4 Å². The van der Waals surface area contributed by atoms with Crippen LogP contribution in [0.2, 0.25) is 0 Å². The number of rotatable bonds is 3. The lowest BCUT2D eigenvalue weighted by Crippen LogP contribution is -2.28. The number of benzene rings is 1. The van der Waals surface area contributed by atoms with Crippen LogP contribution in [0.3, 0.4) is 0 Å². The van der Waals surface area contributed by atoms with Gasteiger partial charge in [0.25, 0.3) is 0 Å². The third-order valence-electron chi connectivity index (χ3n) is 2.96. The SMILES string of the molecule is CC(C)(C)C(O)Cc1nc(-c2cc(F)cc(Br)c2)no1. The molecule has 0 radical (unpaired) electrons. The molecule has 108 valence electrons. The number of hydrogen-bond acceptors (Lipinski definition) is 4. The van der Waals surface area contributed by atoms with Crippen LogP contribution in [0.5, 0.6) is 0 Å². The van der Waals surface area contributed by atoms with Gasteiger partial charge in [-0.25, -0.2) is 4.39 Å². The van der Waals surface area contributed by atoms with Gasteiger partial charge in [0.1, 0.15) is 5.82 Å². The topological polar surface area (TPSA) is 59.2 Å². The van der Waals surface area contributed by atoms with Crippen molar-refractivity contribution in [1.82, 2.24) is 10.1 Å². The first-order valence-electron chi connectivity index (χ1n) is 6.23. The van der Waals surface area contributed by atoms with Crippen LogP contribution in [0.1, 0.15) is 26.7 Å². The lowest BCUT2D eigenvalue weighted by Gasteiger charge is -2.24. The molecule has 0 aliphatic carbocycles. The Morgan fingerprint density at radius 1 is 1.35 bits per heavy atom. The second kappa shape index (κ2) is 5.61. The van der Waals surface area contributed by atoms with Crippen molar-refractivity contribution in [2.24, 2.45) is 5.41 Å². The van der Waals surface area contributed by atoms with E-state index in [1.165, 1.54) is 12.1 Å². The van der Waals surface area contributed by atoms with E-state index in [0.717, 1.165) is 0 Å². The van der Waals surface area contributed by atoms with Gasteiger partial charge in [-0.15, -0.1) is 0 Å². The van der Waals surface area contributed by atoms with Gasteiger partial charge in [0.15, 0.2) is 0 Å². The molecule has 2 aromatic rings. The van der Waals surface area contributed by atoms with Gasteiger partial charge in [-0.3, -0.25) is 0 Å². The number of nitrogens with zero attached hydrogens (tertiary/aromatic N) is 2. The van der Waals surface area contributed by atoms with Gasteiger partial charge < -0.3 is 9.63 Å². The monoisotopic (exact) mass is 342 g/mol. The average Bonchev–Trinajstić information content (AvgIpc) is 2.75. The molecule has 1 N–H and O–H groups in total. The maximum atomic E-state index is 13.3. The Hall–Kier alpha value is -1.27. The molecule has 1 atom stereocenters. The zero-order chi connectivity index (χ0) is 14.9. The normalized spacial score (nSPS) is 13.5. The minimum absolute atomic E-state index is 0.267. The molecule has 0 amide bonds. The van der Waals surface area contributed by atoms with E-state index in [1.54, 1.807) is 6.07 Å². The largest absolute Gasteiger partial charge is 0.392 e. The summed E-state index contributed by atoms with van der Waals surface area (Å²) in [7, 11) is 0. The highest BCUT2D eigenvalue weighted by molar-refractivity contribution is 9.10. The van der Waals surface area contributed by atoms with Crippen molar-refractivity contribution in [3.05, 3.63) is 34.4 Å². The molecule has 0 saturated carbocycles. The molecular formula is C14H16BrFN2O2. The predicted molar refractivity (Wildman–Crippen MR) is 76.6 cm³/mol. The molecule has 1 aromatic heterocycles. The molecular weight excluding hydrogens is 327 g/mol. The van der Waals surface area contributed by atoms with Crippen LogP contribution in [0.25, 0.3) is 11.4 Å². The van der Waals surface area contributed by atoms with Crippen molar-refractivity contribution >= 4 is 15.9 Å². The molecule has 0 saturated heterocycles. The number of aliphatic hydroxyl groups excluding tert-OH is 1. The highest BCUT2D eigenvalue weighted by atomic mass is 79.9. The lowest BCUT2D eigenvalue weighted by molar-refractivity contribution is 0.0565. The predicted octanol–water partition coefficient (Wildman–Crippen LogP) is 3.59. The second-order valence-electron chi connectivity index (χ2n) is 5.76. The molecule has 0 aliphatic rings. The Morgan fingerprint density at radius 3 is 2.65 bits per heavy atom. The van der Waals surface area contributed by atoms with Crippen molar-refractivity contribution in [2.75, 3.05) is 0 Å². The average molecular weight is 343 g/mol. The number of aromatic nitrogens is 2. The Labute approximate surface area is 125 Å². The summed E-state index contributed by atoms with van der Waals surface area (Å²) in [6.07, 6.45) is -0.317. The Morgan fingerprint density at radius 2 is 2.05 bits per heavy atom. The van der Waals surface area contributed by atoms with Crippen LogP contribution in [-0.4, -0.2) is 21.4 Å². The molecule has 0 spiro atoms. The van der Waals surface area contributed by atoms with Crippen molar-refractivity contribution in [3.63, 3.8) is 0 Å². The molecule has 1 aromatic carbocycles. The van der Waals surface area contributed by atoms with Gasteiger partial charge >= 0.3 is 0 Å². The summed E-state index contributed by atoms with van der Waals surface area (Å²) in [5.41, 5.74) is 0.258. The smallest absolute Gasteiger partial charge is 0.229 e. The van der Waals surface area contributed by atoms with Gasteiger partial charge in [0.05, 0.1) is 12.5 Å². The Bertz CT molecular complexity index is 587. The van der Waals surface area contributed by atoms with E-state index in [0.29, 0.717) is 21.8 Å². The summed E-state index contributed by atoms with van der Waals surface area (Å²) in [5, 5.41) is 13.8. The summed E-state index contributed by atoms with van der Waals surface area (Å²) in [4.78, 5) is 4.19. The van der Waals surface area contributed by atoms with Gasteiger partial charge in [-0.2, -0.15) is 4.98 Å². The number of aliphatic hydroxyl groups is 1. The fraction of sp³-hybridized carbons (Fsp3) is 0.429. The first-order chi connectivity index (χ1) is 9.25. The van der Waals surface area contributed by atoms with Gasteiger partial charge in [-0.1, -0.05) is 41.9 Å². The Kier molecular flexibility index (Phi) is 4.25. The molecule has 4 nitrogen and oxygen atoms in total. The molecule has 0 aliphatic heterocycles. The fourth-order valence-electron chi connectivity index (χ4n) is 1.61. The molecule has 0 bridgehead atoms. The number of halogens is 2.